The van der Waals surface area contributed by atoms with Crippen molar-refractivity contribution in [3.63, 3.8) is 0 Å². The van der Waals surface area contributed by atoms with Crippen molar-refractivity contribution in [3.05, 3.63) is 12.2 Å². The summed E-state index contributed by atoms with van der Waals surface area (Å²) >= 11 is 5.53. The maximum Gasteiger partial charge on any atom is 0.0774 e. The van der Waals surface area contributed by atoms with Crippen LogP contribution in [0.3, 0.4) is 0 Å². The smallest absolute Gasteiger partial charge is 0.0774 e. The van der Waals surface area contributed by atoms with E-state index < -0.39 is 5.60 Å². The summed E-state index contributed by atoms with van der Waals surface area (Å²) < 4.78 is 0. The molecule has 3 heteroatoms. The number of rotatable bonds is 5. The van der Waals surface area contributed by atoms with Crippen LogP contribution in [0.4, 0.5) is 0 Å². The van der Waals surface area contributed by atoms with Gasteiger partial charge in [-0.2, -0.15) is 0 Å². The molecule has 0 aromatic heterocycles. The first-order valence-electron chi connectivity index (χ1n) is 5.28. The van der Waals surface area contributed by atoms with Gasteiger partial charge in [-0.3, -0.25) is 4.90 Å². The molecule has 0 unspecified atom stereocenters. The molecular weight excluding hydrogens is 198 g/mol. The normalized spacial score (nSPS) is 21.1. The van der Waals surface area contributed by atoms with Gasteiger partial charge >= 0.3 is 0 Å². The van der Waals surface area contributed by atoms with Gasteiger partial charge in [0.2, 0.25) is 0 Å². The van der Waals surface area contributed by atoms with Gasteiger partial charge in [0.05, 0.1) is 5.60 Å². The number of alkyl halides is 1. The average molecular weight is 218 g/mol. The first-order chi connectivity index (χ1) is 6.66. The van der Waals surface area contributed by atoms with E-state index in [1.165, 1.54) is 12.8 Å². The summed E-state index contributed by atoms with van der Waals surface area (Å²) in [5.41, 5.74) is -0.427. The number of allylic oxidation sites excluding steroid dienone is 1. The van der Waals surface area contributed by atoms with E-state index in [4.69, 9.17) is 11.6 Å². The molecule has 14 heavy (non-hydrogen) atoms. The molecule has 0 bridgehead atoms. The molecule has 1 saturated carbocycles. The highest BCUT2D eigenvalue weighted by Gasteiger charge is 2.31. The Kier molecular flexibility index (Phi) is 4.93. The second kappa shape index (κ2) is 5.74. The first-order valence-corrected chi connectivity index (χ1v) is 5.82. The van der Waals surface area contributed by atoms with Gasteiger partial charge in [-0.25, -0.2) is 0 Å². The molecule has 0 amide bonds. The third kappa shape index (κ3) is 3.99. The Morgan fingerprint density at radius 2 is 2.00 bits per heavy atom. The van der Waals surface area contributed by atoms with Gasteiger partial charge in [0, 0.05) is 19.0 Å². The number of nitrogens with zero attached hydrogens (tertiary/aromatic N) is 1. The summed E-state index contributed by atoms with van der Waals surface area (Å²) in [5.74, 6) is 0.568. The first kappa shape index (κ1) is 12.0. The van der Waals surface area contributed by atoms with Crippen LogP contribution in [0.1, 0.15) is 25.7 Å². The molecule has 0 heterocycles. The zero-order valence-corrected chi connectivity index (χ0v) is 9.63. The van der Waals surface area contributed by atoms with Gasteiger partial charge < -0.3 is 5.11 Å². The highest BCUT2D eigenvalue weighted by atomic mass is 35.5. The van der Waals surface area contributed by atoms with Gasteiger partial charge in [0.25, 0.3) is 0 Å². The summed E-state index contributed by atoms with van der Waals surface area (Å²) in [4.78, 5) is 2.15. The largest absolute Gasteiger partial charge is 0.389 e. The van der Waals surface area contributed by atoms with Crippen molar-refractivity contribution in [2.24, 2.45) is 0 Å². The molecular formula is C11H20ClNO. The lowest BCUT2D eigenvalue weighted by Crippen LogP contribution is -2.39. The molecule has 0 atom stereocenters. The predicted molar refractivity (Wildman–Crippen MR) is 60.8 cm³/mol. The Bertz CT molecular complexity index is 188. The van der Waals surface area contributed by atoms with Gasteiger partial charge in [-0.05, 0) is 19.9 Å². The van der Waals surface area contributed by atoms with E-state index in [1.54, 1.807) is 0 Å². The van der Waals surface area contributed by atoms with Crippen LogP contribution in [-0.4, -0.2) is 41.6 Å². The minimum absolute atomic E-state index is 0.427. The Hall–Kier alpha value is -0.0500. The molecule has 0 spiro atoms. The van der Waals surface area contributed by atoms with Crippen LogP contribution >= 0.6 is 11.6 Å². The molecule has 1 aliphatic carbocycles. The maximum atomic E-state index is 10.1. The molecule has 0 aliphatic heterocycles. The number of likely N-dealkylation sites (N-methyl/N-ethyl adjacent to an activating group) is 1. The SMILES string of the molecule is CN(C/C=C/CCl)CC1(O)CCCC1. The minimum Gasteiger partial charge on any atom is -0.389 e. The van der Waals surface area contributed by atoms with Crippen molar-refractivity contribution in [3.8, 4) is 0 Å². The summed E-state index contributed by atoms with van der Waals surface area (Å²) in [6.45, 7) is 1.65. The standard InChI is InChI=1S/C11H20ClNO/c1-13(9-5-4-8-12)10-11(14)6-2-3-7-11/h4-5,14H,2-3,6-10H2,1H3/b5-4+. The lowest BCUT2D eigenvalue weighted by Gasteiger charge is -2.27. The molecule has 0 aromatic carbocycles. The van der Waals surface area contributed by atoms with E-state index in [2.05, 4.69) is 4.90 Å². The average Bonchev–Trinajstić information content (AvgIpc) is 2.52. The molecule has 82 valence electrons. The Morgan fingerprint density at radius 1 is 1.36 bits per heavy atom. The Balaban J connectivity index is 2.25. The third-order valence-corrected chi connectivity index (χ3v) is 2.95. The molecule has 1 aliphatic rings. The monoisotopic (exact) mass is 217 g/mol. The number of halogens is 1. The van der Waals surface area contributed by atoms with Crippen LogP contribution < -0.4 is 0 Å². The number of hydrogen-bond donors (Lipinski definition) is 1. The van der Waals surface area contributed by atoms with Gasteiger partial charge in [0.15, 0.2) is 0 Å². The van der Waals surface area contributed by atoms with Crippen molar-refractivity contribution in [2.45, 2.75) is 31.3 Å². The van der Waals surface area contributed by atoms with E-state index in [-0.39, 0.29) is 0 Å². The number of aliphatic hydroxyl groups is 1. The fourth-order valence-corrected chi connectivity index (χ4v) is 2.20. The lowest BCUT2D eigenvalue weighted by molar-refractivity contribution is 0.0192. The van der Waals surface area contributed by atoms with Crippen LogP contribution in [0, 0.1) is 0 Å². The Morgan fingerprint density at radius 3 is 2.57 bits per heavy atom. The maximum absolute atomic E-state index is 10.1. The Labute approximate surface area is 91.6 Å². The van der Waals surface area contributed by atoms with Crippen molar-refractivity contribution in [1.29, 1.82) is 0 Å². The summed E-state index contributed by atoms with van der Waals surface area (Å²) in [6, 6.07) is 0. The van der Waals surface area contributed by atoms with Crippen molar-refractivity contribution in [2.75, 3.05) is 26.0 Å². The molecule has 1 N–H and O–H groups in total. The molecule has 2 nitrogen and oxygen atoms in total. The van der Waals surface area contributed by atoms with E-state index in [9.17, 15) is 5.11 Å². The van der Waals surface area contributed by atoms with Crippen molar-refractivity contribution < 1.29 is 5.11 Å². The third-order valence-electron chi connectivity index (χ3n) is 2.77. The second-order valence-corrected chi connectivity index (χ2v) is 4.56. The summed E-state index contributed by atoms with van der Waals surface area (Å²) in [5, 5.41) is 10.1. The predicted octanol–water partition coefficient (Wildman–Crippen LogP) is 2.02. The quantitative estimate of drug-likeness (QED) is 0.563. The highest BCUT2D eigenvalue weighted by molar-refractivity contribution is 6.18. The van der Waals surface area contributed by atoms with Crippen molar-refractivity contribution >= 4 is 11.6 Å². The van der Waals surface area contributed by atoms with Crippen LogP contribution in [0.5, 0.6) is 0 Å². The molecule has 0 aromatic rings. The highest BCUT2D eigenvalue weighted by Crippen LogP contribution is 2.29. The fraction of sp³-hybridized carbons (Fsp3) is 0.818. The lowest BCUT2D eigenvalue weighted by atomic mass is 10.0. The van der Waals surface area contributed by atoms with Gasteiger partial charge in [0.1, 0.15) is 0 Å². The molecule has 0 saturated heterocycles. The van der Waals surface area contributed by atoms with E-state index in [0.29, 0.717) is 5.88 Å². The van der Waals surface area contributed by atoms with Crippen molar-refractivity contribution in [1.82, 2.24) is 4.90 Å². The van der Waals surface area contributed by atoms with E-state index in [0.717, 1.165) is 25.9 Å². The zero-order chi connectivity index (χ0) is 10.4. The van der Waals surface area contributed by atoms with Crippen LogP contribution in [0.2, 0.25) is 0 Å². The topological polar surface area (TPSA) is 23.5 Å². The molecule has 1 rings (SSSR count). The van der Waals surface area contributed by atoms with E-state index in [1.807, 2.05) is 19.2 Å². The van der Waals surface area contributed by atoms with E-state index >= 15 is 0 Å². The minimum atomic E-state index is -0.427. The fourth-order valence-electron chi connectivity index (χ4n) is 2.08. The number of hydrogen-bond acceptors (Lipinski definition) is 2. The van der Waals surface area contributed by atoms with Crippen LogP contribution in [-0.2, 0) is 0 Å². The van der Waals surface area contributed by atoms with Crippen LogP contribution in [0.15, 0.2) is 12.2 Å². The van der Waals surface area contributed by atoms with Gasteiger partial charge in [-0.1, -0.05) is 25.0 Å². The second-order valence-electron chi connectivity index (χ2n) is 4.25. The zero-order valence-electron chi connectivity index (χ0n) is 8.88. The molecule has 0 radical (unpaired) electrons. The van der Waals surface area contributed by atoms with Gasteiger partial charge in [-0.15, -0.1) is 11.6 Å². The molecule has 1 fully saturated rings. The summed E-state index contributed by atoms with van der Waals surface area (Å²) in [7, 11) is 2.04. The summed E-state index contributed by atoms with van der Waals surface area (Å²) in [6.07, 6.45) is 8.24. The van der Waals surface area contributed by atoms with Crippen LogP contribution in [0.25, 0.3) is 0 Å².